The van der Waals surface area contributed by atoms with Crippen LogP contribution in [0.5, 0.6) is 0 Å². The zero-order valence-corrected chi connectivity index (χ0v) is 13.7. The molecular weight excluding hydrogens is 355 g/mol. The number of aromatic nitrogens is 1. The first-order valence-electron chi connectivity index (χ1n) is 6.71. The van der Waals surface area contributed by atoms with Crippen LogP contribution >= 0.6 is 23.2 Å². The number of hydrazine groups is 1. The highest BCUT2D eigenvalue weighted by atomic mass is 35.5. The van der Waals surface area contributed by atoms with E-state index in [1.807, 2.05) is 0 Å². The summed E-state index contributed by atoms with van der Waals surface area (Å²) >= 11 is 11.6. The number of pyridine rings is 1. The lowest BCUT2D eigenvalue weighted by Gasteiger charge is -2.09. The first kappa shape index (κ1) is 17.7. The first-order chi connectivity index (χ1) is 11.5. The van der Waals surface area contributed by atoms with Crippen LogP contribution in [0, 0.1) is 0 Å². The van der Waals surface area contributed by atoms with Crippen molar-refractivity contribution in [1.82, 2.24) is 21.2 Å². The molecule has 3 N–H and O–H groups in total. The van der Waals surface area contributed by atoms with Gasteiger partial charge in [-0.05, 0) is 30.3 Å². The van der Waals surface area contributed by atoms with Crippen molar-refractivity contribution in [2.45, 2.75) is 0 Å². The van der Waals surface area contributed by atoms with Crippen molar-refractivity contribution < 1.29 is 14.4 Å². The monoisotopic (exact) mass is 366 g/mol. The number of nitrogens with one attached hydrogen (secondary N) is 3. The van der Waals surface area contributed by atoms with Crippen LogP contribution in [0.1, 0.15) is 20.8 Å². The van der Waals surface area contributed by atoms with Crippen LogP contribution in [-0.4, -0.2) is 29.3 Å². The van der Waals surface area contributed by atoms with E-state index in [9.17, 15) is 14.4 Å². The number of nitrogens with zero attached hydrogens (tertiary/aromatic N) is 1. The molecule has 0 aliphatic heterocycles. The van der Waals surface area contributed by atoms with Gasteiger partial charge >= 0.3 is 0 Å². The normalized spacial score (nSPS) is 9.92. The van der Waals surface area contributed by atoms with Crippen molar-refractivity contribution in [1.29, 1.82) is 0 Å². The molecule has 0 atom stereocenters. The van der Waals surface area contributed by atoms with Crippen molar-refractivity contribution in [3.8, 4) is 0 Å². The summed E-state index contributed by atoms with van der Waals surface area (Å²) in [5, 5.41) is 2.94. The predicted octanol–water partition coefficient (Wildman–Crippen LogP) is 1.58. The van der Waals surface area contributed by atoms with E-state index < -0.39 is 17.7 Å². The Kier molecular flexibility index (Phi) is 6.11. The Labute approximate surface area is 147 Å². The number of hydrogen-bond donors (Lipinski definition) is 3. The summed E-state index contributed by atoms with van der Waals surface area (Å²) in [6.45, 7) is -0.347. The molecule has 0 saturated carbocycles. The summed E-state index contributed by atoms with van der Waals surface area (Å²) in [7, 11) is 0. The maximum atomic E-state index is 11.9. The van der Waals surface area contributed by atoms with Gasteiger partial charge in [-0.3, -0.25) is 30.2 Å². The van der Waals surface area contributed by atoms with Crippen molar-refractivity contribution >= 4 is 40.9 Å². The molecule has 0 aliphatic carbocycles. The Morgan fingerprint density at radius 3 is 2.46 bits per heavy atom. The van der Waals surface area contributed by atoms with Gasteiger partial charge in [-0.25, -0.2) is 0 Å². The van der Waals surface area contributed by atoms with E-state index in [1.165, 1.54) is 30.5 Å². The Morgan fingerprint density at radius 2 is 1.79 bits per heavy atom. The lowest BCUT2D eigenvalue weighted by molar-refractivity contribution is -0.120. The van der Waals surface area contributed by atoms with Gasteiger partial charge in [0.15, 0.2) is 0 Å². The largest absolute Gasteiger partial charge is 0.343 e. The zero-order valence-electron chi connectivity index (χ0n) is 12.2. The average molecular weight is 367 g/mol. The molecular formula is C15H12Cl2N4O3. The molecule has 0 radical (unpaired) electrons. The van der Waals surface area contributed by atoms with E-state index in [4.69, 9.17) is 23.2 Å². The SMILES string of the molecule is O=C(CNC(=O)c1ccc(Cl)cc1Cl)NNC(=O)c1ccccn1. The van der Waals surface area contributed by atoms with Crippen LogP contribution in [0.15, 0.2) is 42.6 Å². The maximum Gasteiger partial charge on any atom is 0.288 e. The predicted molar refractivity (Wildman–Crippen MR) is 88.6 cm³/mol. The number of amides is 3. The number of hydrogen-bond acceptors (Lipinski definition) is 4. The number of benzene rings is 1. The topological polar surface area (TPSA) is 100 Å². The fourth-order valence-electron chi connectivity index (χ4n) is 1.66. The molecule has 0 unspecified atom stereocenters. The van der Waals surface area contributed by atoms with E-state index >= 15 is 0 Å². The van der Waals surface area contributed by atoms with E-state index in [0.717, 1.165) is 0 Å². The maximum absolute atomic E-state index is 11.9. The molecule has 3 amide bonds. The molecule has 9 heteroatoms. The summed E-state index contributed by atoms with van der Waals surface area (Å²) in [5.74, 6) is -1.73. The van der Waals surface area contributed by atoms with Gasteiger partial charge in [0.05, 0.1) is 17.1 Å². The van der Waals surface area contributed by atoms with Crippen LogP contribution in [0.3, 0.4) is 0 Å². The van der Waals surface area contributed by atoms with Gasteiger partial charge in [-0.2, -0.15) is 0 Å². The Balaban J connectivity index is 1.80. The fourth-order valence-corrected chi connectivity index (χ4v) is 2.16. The third kappa shape index (κ3) is 4.94. The van der Waals surface area contributed by atoms with Gasteiger partial charge in [0.25, 0.3) is 17.7 Å². The van der Waals surface area contributed by atoms with E-state index in [1.54, 1.807) is 12.1 Å². The lowest BCUT2D eigenvalue weighted by Crippen LogP contribution is -2.46. The van der Waals surface area contributed by atoms with Gasteiger partial charge in [0.2, 0.25) is 0 Å². The second-order valence-corrected chi connectivity index (χ2v) is 5.37. The molecule has 7 nitrogen and oxygen atoms in total. The van der Waals surface area contributed by atoms with Gasteiger partial charge in [0.1, 0.15) is 5.69 Å². The second-order valence-electron chi connectivity index (χ2n) is 4.52. The van der Waals surface area contributed by atoms with Gasteiger partial charge < -0.3 is 5.32 Å². The standard InChI is InChI=1S/C15H12Cl2N4O3/c16-9-4-5-10(11(17)7-9)14(23)19-8-13(22)20-21-15(24)12-3-1-2-6-18-12/h1-7H,8H2,(H,19,23)(H,20,22)(H,21,24). The third-order valence-electron chi connectivity index (χ3n) is 2.80. The molecule has 1 aromatic carbocycles. The van der Waals surface area contributed by atoms with E-state index in [2.05, 4.69) is 21.2 Å². The number of carbonyl (C=O) groups excluding carboxylic acids is 3. The average Bonchev–Trinajstić information content (AvgIpc) is 2.58. The van der Waals surface area contributed by atoms with Crippen molar-refractivity contribution in [3.05, 3.63) is 63.9 Å². The van der Waals surface area contributed by atoms with Crippen LogP contribution in [-0.2, 0) is 4.79 Å². The summed E-state index contributed by atoms with van der Waals surface area (Å²) < 4.78 is 0. The Hall–Kier alpha value is -2.64. The van der Waals surface area contributed by atoms with E-state index in [0.29, 0.717) is 5.02 Å². The molecule has 0 saturated heterocycles. The fraction of sp³-hybridized carbons (Fsp3) is 0.0667. The summed E-state index contributed by atoms with van der Waals surface area (Å²) in [5.41, 5.74) is 4.68. The molecule has 124 valence electrons. The number of carbonyl (C=O) groups is 3. The van der Waals surface area contributed by atoms with Crippen LogP contribution in [0.25, 0.3) is 0 Å². The van der Waals surface area contributed by atoms with Crippen LogP contribution in [0.2, 0.25) is 10.0 Å². The zero-order chi connectivity index (χ0) is 17.5. The van der Waals surface area contributed by atoms with Crippen molar-refractivity contribution in [3.63, 3.8) is 0 Å². The molecule has 0 spiro atoms. The van der Waals surface area contributed by atoms with Gasteiger partial charge in [0, 0.05) is 11.2 Å². The highest BCUT2D eigenvalue weighted by Gasteiger charge is 2.13. The molecule has 1 heterocycles. The molecule has 2 rings (SSSR count). The highest BCUT2D eigenvalue weighted by Crippen LogP contribution is 2.20. The summed E-state index contributed by atoms with van der Waals surface area (Å²) in [4.78, 5) is 39.1. The number of rotatable bonds is 4. The summed E-state index contributed by atoms with van der Waals surface area (Å²) in [6.07, 6.45) is 1.45. The Bertz CT molecular complexity index is 769. The molecule has 2 aromatic rings. The molecule has 0 aliphatic rings. The highest BCUT2D eigenvalue weighted by molar-refractivity contribution is 6.36. The first-order valence-corrected chi connectivity index (χ1v) is 7.46. The number of halogens is 2. The third-order valence-corrected chi connectivity index (χ3v) is 3.35. The van der Waals surface area contributed by atoms with Gasteiger partial charge in [-0.1, -0.05) is 29.3 Å². The minimum atomic E-state index is -0.613. The van der Waals surface area contributed by atoms with Crippen molar-refractivity contribution in [2.75, 3.05) is 6.54 Å². The second kappa shape index (κ2) is 8.28. The lowest BCUT2D eigenvalue weighted by atomic mass is 10.2. The van der Waals surface area contributed by atoms with Crippen molar-refractivity contribution in [2.24, 2.45) is 0 Å². The quantitative estimate of drug-likeness (QED) is 0.715. The van der Waals surface area contributed by atoms with Gasteiger partial charge in [-0.15, -0.1) is 0 Å². The molecule has 0 fully saturated rings. The Morgan fingerprint density at radius 1 is 1.00 bits per heavy atom. The van der Waals surface area contributed by atoms with E-state index in [-0.39, 0.29) is 22.8 Å². The minimum absolute atomic E-state index is 0.148. The smallest absolute Gasteiger partial charge is 0.288 e. The molecule has 24 heavy (non-hydrogen) atoms. The van der Waals surface area contributed by atoms with Crippen LogP contribution in [0.4, 0.5) is 0 Å². The minimum Gasteiger partial charge on any atom is -0.343 e. The van der Waals surface area contributed by atoms with Crippen LogP contribution < -0.4 is 16.2 Å². The summed E-state index contributed by atoms with van der Waals surface area (Å²) in [6, 6.07) is 9.17. The molecule has 0 bridgehead atoms. The molecule has 1 aromatic heterocycles.